The summed E-state index contributed by atoms with van der Waals surface area (Å²) in [5.74, 6) is -0.115. The van der Waals surface area contributed by atoms with Gasteiger partial charge < -0.3 is 15.0 Å². The van der Waals surface area contributed by atoms with E-state index in [0.717, 1.165) is 31.2 Å². The highest BCUT2D eigenvalue weighted by molar-refractivity contribution is 7.92. The number of nitrogens with one attached hydrogen (secondary N) is 1. The van der Waals surface area contributed by atoms with Gasteiger partial charge >= 0.3 is 0 Å². The van der Waals surface area contributed by atoms with Crippen molar-refractivity contribution in [2.45, 2.75) is 37.1 Å². The molecule has 0 saturated carbocycles. The lowest BCUT2D eigenvalue weighted by Gasteiger charge is -2.27. The lowest BCUT2D eigenvalue weighted by molar-refractivity contribution is 0.0762. The third-order valence-corrected chi connectivity index (χ3v) is 9.31. The molecule has 0 aliphatic carbocycles. The van der Waals surface area contributed by atoms with Gasteiger partial charge in [-0.25, -0.2) is 8.42 Å². The molecule has 0 aromatic heterocycles. The summed E-state index contributed by atoms with van der Waals surface area (Å²) in [6, 6.07) is 28.9. The number of ether oxygens (including phenoxy) is 1. The number of likely N-dealkylation sites (tertiary alicyclic amines) is 1. The molecule has 43 heavy (non-hydrogen) atoms. The van der Waals surface area contributed by atoms with Gasteiger partial charge in [0.05, 0.1) is 41.1 Å². The minimum absolute atomic E-state index is 0.00350. The molecule has 4 aromatic carbocycles. The molecule has 0 bridgehead atoms. The number of nitrogens with zero attached hydrogens (tertiary/aromatic N) is 2. The summed E-state index contributed by atoms with van der Waals surface area (Å²) in [4.78, 5) is 29.3. The van der Waals surface area contributed by atoms with Crippen molar-refractivity contribution in [2.75, 3.05) is 29.8 Å². The van der Waals surface area contributed by atoms with Crippen molar-refractivity contribution in [3.05, 3.63) is 120 Å². The van der Waals surface area contributed by atoms with Gasteiger partial charge in [-0.1, -0.05) is 67.4 Å². The Hall–Kier alpha value is -4.63. The molecule has 9 heteroatoms. The van der Waals surface area contributed by atoms with Crippen LogP contribution in [0.25, 0.3) is 0 Å². The fourth-order valence-electron chi connectivity index (χ4n) is 5.22. The number of carbonyl (C=O) groups excluding carboxylic acids is 2. The molecule has 0 unspecified atom stereocenters. The Labute approximate surface area is 253 Å². The van der Waals surface area contributed by atoms with E-state index in [2.05, 4.69) is 5.32 Å². The minimum Gasteiger partial charge on any atom is -0.497 e. The molecular formula is C34H35N3O5S. The Morgan fingerprint density at radius 1 is 0.767 bits per heavy atom. The predicted molar refractivity (Wildman–Crippen MR) is 168 cm³/mol. The maximum absolute atomic E-state index is 14.1. The van der Waals surface area contributed by atoms with Gasteiger partial charge in [0.25, 0.3) is 21.8 Å². The second-order valence-corrected chi connectivity index (χ2v) is 12.3. The maximum atomic E-state index is 14.1. The topological polar surface area (TPSA) is 96.0 Å². The number of sulfonamides is 1. The maximum Gasteiger partial charge on any atom is 0.264 e. The van der Waals surface area contributed by atoms with E-state index in [4.69, 9.17) is 4.74 Å². The molecule has 8 nitrogen and oxygen atoms in total. The standard InChI is InChI=1S/C34H35N3O5S/c1-42-27-19-21-28(22-20-27)43(40,41)37(25-26-13-5-4-6-14-26)32-18-10-8-16-30(32)33(38)35-31-17-9-7-15-29(31)34(39)36-23-11-2-3-12-24-36/h4-10,13-22H,2-3,11-12,23-25H2,1H3,(H,35,38). The van der Waals surface area contributed by atoms with E-state index in [0.29, 0.717) is 30.1 Å². The normalized spacial score (nSPS) is 13.6. The predicted octanol–water partition coefficient (Wildman–Crippen LogP) is 6.36. The van der Waals surface area contributed by atoms with Crippen molar-refractivity contribution in [1.82, 2.24) is 4.90 Å². The third kappa shape index (κ3) is 6.89. The van der Waals surface area contributed by atoms with Crippen LogP contribution in [0.4, 0.5) is 11.4 Å². The molecule has 1 aliphatic rings. The van der Waals surface area contributed by atoms with Gasteiger partial charge in [0.2, 0.25) is 0 Å². The highest BCUT2D eigenvalue weighted by Crippen LogP contribution is 2.31. The largest absolute Gasteiger partial charge is 0.497 e. The second kappa shape index (κ2) is 13.6. The molecule has 1 heterocycles. The van der Waals surface area contributed by atoms with Crippen LogP contribution < -0.4 is 14.4 Å². The Morgan fingerprint density at radius 3 is 2.05 bits per heavy atom. The van der Waals surface area contributed by atoms with Crippen molar-refractivity contribution in [1.29, 1.82) is 0 Å². The Kier molecular flexibility index (Phi) is 9.41. The van der Waals surface area contributed by atoms with Crippen molar-refractivity contribution in [3.8, 4) is 5.75 Å². The summed E-state index contributed by atoms with van der Waals surface area (Å²) >= 11 is 0. The van der Waals surface area contributed by atoms with Gasteiger partial charge in [0.15, 0.2) is 0 Å². The number of hydrogen-bond donors (Lipinski definition) is 1. The highest BCUT2D eigenvalue weighted by Gasteiger charge is 2.29. The van der Waals surface area contributed by atoms with Crippen LogP contribution in [0.3, 0.4) is 0 Å². The molecule has 1 aliphatic heterocycles. The lowest BCUT2D eigenvalue weighted by Crippen LogP contribution is -2.33. The zero-order chi connectivity index (χ0) is 30.2. The number of rotatable bonds is 9. The van der Waals surface area contributed by atoms with Gasteiger partial charge in [0, 0.05) is 13.1 Å². The number of amides is 2. The fraction of sp³-hybridized carbons (Fsp3) is 0.235. The number of benzene rings is 4. The average Bonchev–Trinajstić information content (AvgIpc) is 3.34. The molecule has 5 rings (SSSR count). The Balaban J connectivity index is 1.51. The summed E-state index contributed by atoms with van der Waals surface area (Å²) in [6.07, 6.45) is 4.09. The van der Waals surface area contributed by atoms with E-state index in [9.17, 15) is 18.0 Å². The quantitative estimate of drug-likeness (QED) is 0.242. The van der Waals surface area contributed by atoms with Crippen LogP contribution in [0.15, 0.2) is 108 Å². The monoisotopic (exact) mass is 597 g/mol. The van der Waals surface area contributed by atoms with E-state index < -0.39 is 15.9 Å². The van der Waals surface area contributed by atoms with Crippen LogP contribution in [0.2, 0.25) is 0 Å². The SMILES string of the molecule is COc1ccc(S(=O)(=O)N(Cc2ccccc2)c2ccccc2C(=O)Nc2ccccc2C(=O)N2CCCCCC2)cc1. The van der Waals surface area contributed by atoms with E-state index >= 15 is 0 Å². The molecule has 222 valence electrons. The van der Waals surface area contributed by atoms with Crippen molar-refractivity contribution in [3.63, 3.8) is 0 Å². The lowest BCUT2D eigenvalue weighted by atomic mass is 10.1. The smallest absolute Gasteiger partial charge is 0.264 e. The number of para-hydroxylation sites is 2. The first-order valence-corrected chi connectivity index (χ1v) is 15.8. The number of methoxy groups -OCH3 is 1. The summed E-state index contributed by atoms with van der Waals surface area (Å²) < 4.78 is 34.7. The number of anilines is 2. The van der Waals surface area contributed by atoms with E-state index in [1.54, 1.807) is 60.7 Å². The number of hydrogen-bond acceptors (Lipinski definition) is 5. The zero-order valence-corrected chi connectivity index (χ0v) is 24.9. The van der Waals surface area contributed by atoms with Crippen LogP contribution in [-0.4, -0.2) is 45.3 Å². The first-order valence-electron chi connectivity index (χ1n) is 14.4. The number of carbonyl (C=O) groups is 2. The molecule has 0 atom stereocenters. The van der Waals surface area contributed by atoms with Crippen LogP contribution in [0.1, 0.15) is 52.0 Å². The van der Waals surface area contributed by atoms with Crippen LogP contribution in [0.5, 0.6) is 5.75 Å². The molecule has 0 spiro atoms. The first kappa shape index (κ1) is 29.8. The van der Waals surface area contributed by atoms with E-state index in [-0.39, 0.29) is 28.6 Å². The molecular weight excluding hydrogens is 562 g/mol. The fourth-order valence-corrected chi connectivity index (χ4v) is 6.69. The third-order valence-electron chi connectivity index (χ3n) is 7.53. The van der Waals surface area contributed by atoms with E-state index in [1.807, 2.05) is 35.2 Å². The Bertz CT molecular complexity index is 1670. The Morgan fingerprint density at radius 2 is 1.37 bits per heavy atom. The summed E-state index contributed by atoms with van der Waals surface area (Å²) in [5, 5.41) is 2.90. The van der Waals surface area contributed by atoms with Crippen LogP contribution >= 0.6 is 0 Å². The molecule has 0 radical (unpaired) electrons. The van der Waals surface area contributed by atoms with E-state index in [1.165, 1.54) is 23.5 Å². The van der Waals surface area contributed by atoms with Gasteiger partial charge in [-0.3, -0.25) is 13.9 Å². The van der Waals surface area contributed by atoms with Gasteiger partial charge in [-0.2, -0.15) is 0 Å². The highest BCUT2D eigenvalue weighted by atomic mass is 32.2. The molecule has 1 fully saturated rings. The minimum atomic E-state index is -4.11. The van der Waals surface area contributed by atoms with Gasteiger partial charge in [-0.05, 0) is 66.9 Å². The molecule has 2 amide bonds. The van der Waals surface area contributed by atoms with Gasteiger partial charge in [-0.15, -0.1) is 0 Å². The summed E-state index contributed by atoms with van der Waals surface area (Å²) in [5.41, 5.74) is 1.91. The zero-order valence-electron chi connectivity index (χ0n) is 24.1. The summed E-state index contributed by atoms with van der Waals surface area (Å²) in [6.45, 7) is 1.37. The second-order valence-electron chi connectivity index (χ2n) is 10.4. The van der Waals surface area contributed by atoms with Crippen molar-refractivity contribution in [2.24, 2.45) is 0 Å². The van der Waals surface area contributed by atoms with Crippen LogP contribution in [0, 0.1) is 0 Å². The molecule has 1 N–H and O–H groups in total. The summed E-state index contributed by atoms with van der Waals surface area (Å²) in [7, 11) is -2.60. The van der Waals surface area contributed by atoms with Crippen molar-refractivity contribution >= 4 is 33.2 Å². The van der Waals surface area contributed by atoms with Gasteiger partial charge in [0.1, 0.15) is 5.75 Å². The van der Waals surface area contributed by atoms with Crippen molar-refractivity contribution < 1.29 is 22.7 Å². The molecule has 4 aromatic rings. The first-order chi connectivity index (χ1) is 20.9. The molecule has 1 saturated heterocycles. The average molecular weight is 598 g/mol. The van der Waals surface area contributed by atoms with Crippen LogP contribution in [-0.2, 0) is 16.6 Å².